The predicted octanol–water partition coefficient (Wildman–Crippen LogP) is 1.89. The first-order valence-corrected chi connectivity index (χ1v) is 5.52. The normalized spacial score (nSPS) is 11.3. The van der Waals surface area contributed by atoms with Crippen LogP contribution in [0.2, 0.25) is 0 Å². The van der Waals surface area contributed by atoms with Gasteiger partial charge >= 0.3 is 0 Å². The van der Waals surface area contributed by atoms with Gasteiger partial charge in [0.25, 0.3) is 0 Å². The summed E-state index contributed by atoms with van der Waals surface area (Å²) in [4.78, 5) is 4.03. The van der Waals surface area contributed by atoms with E-state index in [4.69, 9.17) is 15.7 Å². The van der Waals surface area contributed by atoms with Gasteiger partial charge in [0.2, 0.25) is 5.88 Å². The molecule has 0 aliphatic heterocycles. The number of aromatic nitrogens is 1. The minimum absolute atomic E-state index is 0.0549. The second kappa shape index (κ2) is 5.81. The number of nitrogens with two attached hydrogens (primary N) is 1. The van der Waals surface area contributed by atoms with Gasteiger partial charge in [0, 0.05) is 11.6 Å². The van der Waals surface area contributed by atoms with Gasteiger partial charge in [-0.3, -0.25) is 0 Å². The summed E-state index contributed by atoms with van der Waals surface area (Å²) in [7, 11) is 0. The van der Waals surface area contributed by atoms with Gasteiger partial charge in [-0.15, -0.1) is 0 Å². The second-order valence-electron chi connectivity index (χ2n) is 3.73. The Morgan fingerprint density at radius 3 is 2.79 bits per heavy atom. The van der Waals surface area contributed by atoms with Gasteiger partial charge in [-0.2, -0.15) is 0 Å². The van der Waals surface area contributed by atoms with Gasteiger partial charge in [-0.1, -0.05) is 29.4 Å². The monoisotopic (exact) mass is 261 g/mol. The Bertz CT molecular complexity index is 602. The van der Waals surface area contributed by atoms with Crippen LogP contribution in [0.3, 0.4) is 0 Å². The highest BCUT2D eigenvalue weighted by molar-refractivity contribution is 5.95. The zero-order valence-electron chi connectivity index (χ0n) is 9.95. The van der Waals surface area contributed by atoms with Crippen LogP contribution in [0.4, 0.5) is 4.39 Å². The van der Waals surface area contributed by atoms with E-state index < -0.39 is 0 Å². The number of halogens is 1. The largest absolute Gasteiger partial charge is 0.473 e. The summed E-state index contributed by atoms with van der Waals surface area (Å²) in [5, 5.41) is 11.4. The Hall–Kier alpha value is -2.63. The molecule has 5 nitrogen and oxygen atoms in total. The molecule has 0 unspecified atom stereocenters. The fourth-order valence-corrected chi connectivity index (χ4v) is 1.46. The Kier molecular flexibility index (Phi) is 3.92. The molecule has 98 valence electrons. The van der Waals surface area contributed by atoms with Crippen molar-refractivity contribution in [2.24, 2.45) is 10.9 Å². The SMILES string of the molecule is NC(=NO)c1cccc(OCc2ccccc2F)n1. The van der Waals surface area contributed by atoms with Crippen molar-refractivity contribution in [2.45, 2.75) is 6.61 Å². The number of pyridine rings is 1. The topological polar surface area (TPSA) is 80.7 Å². The van der Waals surface area contributed by atoms with Gasteiger partial charge in [0.15, 0.2) is 5.84 Å². The molecule has 0 fully saturated rings. The lowest BCUT2D eigenvalue weighted by atomic mass is 10.2. The minimum atomic E-state index is -0.338. The maximum atomic E-state index is 13.4. The Morgan fingerprint density at radius 1 is 1.26 bits per heavy atom. The van der Waals surface area contributed by atoms with E-state index >= 15 is 0 Å². The van der Waals surface area contributed by atoms with Crippen molar-refractivity contribution in [2.75, 3.05) is 0 Å². The maximum absolute atomic E-state index is 13.4. The molecular weight excluding hydrogens is 249 g/mol. The van der Waals surface area contributed by atoms with Crippen molar-refractivity contribution < 1.29 is 14.3 Å². The number of amidine groups is 1. The molecule has 2 rings (SSSR count). The van der Waals surface area contributed by atoms with Crippen LogP contribution >= 0.6 is 0 Å². The number of rotatable bonds is 4. The van der Waals surface area contributed by atoms with E-state index in [0.717, 1.165) is 0 Å². The van der Waals surface area contributed by atoms with Gasteiger partial charge in [0.1, 0.15) is 18.1 Å². The predicted molar refractivity (Wildman–Crippen MR) is 67.5 cm³/mol. The Morgan fingerprint density at radius 2 is 2.05 bits per heavy atom. The molecule has 0 aliphatic rings. The third-order valence-corrected chi connectivity index (χ3v) is 2.43. The average Bonchev–Trinajstić information content (AvgIpc) is 2.46. The number of ether oxygens (including phenoxy) is 1. The van der Waals surface area contributed by atoms with E-state index in [2.05, 4.69) is 10.1 Å². The summed E-state index contributed by atoms with van der Waals surface area (Å²) < 4.78 is 18.7. The van der Waals surface area contributed by atoms with E-state index in [9.17, 15) is 4.39 Å². The first-order valence-electron chi connectivity index (χ1n) is 5.52. The Balaban J connectivity index is 2.10. The van der Waals surface area contributed by atoms with Crippen LogP contribution < -0.4 is 10.5 Å². The average molecular weight is 261 g/mol. The van der Waals surface area contributed by atoms with E-state index in [-0.39, 0.29) is 29.8 Å². The van der Waals surface area contributed by atoms with Gasteiger partial charge < -0.3 is 15.7 Å². The molecule has 0 radical (unpaired) electrons. The number of oxime groups is 1. The van der Waals surface area contributed by atoms with Crippen molar-refractivity contribution in [1.82, 2.24) is 4.98 Å². The van der Waals surface area contributed by atoms with Crippen molar-refractivity contribution in [3.8, 4) is 5.88 Å². The zero-order chi connectivity index (χ0) is 13.7. The molecule has 0 bridgehead atoms. The summed E-state index contributed by atoms with van der Waals surface area (Å²) in [6, 6.07) is 11.1. The van der Waals surface area contributed by atoms with Crippen molar-refractivity contribution in [1.29, 1.82) is 0 Å². The van der Waals surface area contributed by atoms with Gasteiger partial charge in [0.05, 0.1) is 0 Å². The lowest BCUT2D eigenvalue weighted by Crippen LogP contribution is -2.15. The van der Waals surface area contributed by atoms with Crippen LogP contribution in [0.5, 0.6) is 5.88 Å². The fourth-order valence-electron chi connectivity index (χ4n) is 1.46. The molecule has 0 aliphatic carbocycles. The van der Waals surface area contributed by atoms with Crippen molar-refractivity contribution >= 4 is 5.84 Å². The number of nitrogens with zero attached hydrogens (tertiary/aromatic N) is 2. The molecule has 1 aromatic heterocycles. The smallest absolute Gasteiger partial charge is 0.214 e. The van der Waals surface area contributed by atoms with Crippen LogP contribution in [0, 0.1) is 5.82 Å². The first kappa shape index (κ1) is 12.8. The number of benzene rings is 1. The van der Waals surface area contributed by atoms with Crippen LogP contribution in [0.15, 0.2) is 47.6 Å². The molecule has 0 amide bonds. The standard InChI is InChI=1S/C13H12FN3O2/c14-10-5-2-1-4-9(10)8-19-12-7-3-6-11(16-12)13(15)17-18/h1-7,18H,8H2,(H2,15,17). The molecule has 6 heteroatoms. The maximum Gasteiger partial charge on any atom is 0.214 e. The van der Waals surface area contributed by atoms with Crippen LogP contribution in [-0.4, -0.2) is 16.0 Å². The lowest BCUT2D eigenvalue weighted by molar-refractivity contribution is 0.287. The Labute approximate surface area is 109 Å². The third kappa shape index (κ3) is 3.19. The fraction of sp³-hybridized carbons (Fsp3) is 0.0769. The van der Waals surface area contributed by atoms with Gasteiger partial charge in [-0.25, -0.2) is 9.37 Å². The summed E-state index contributed by atoms with van der Waals surface area (Å²) in [5.41, 5.74) is 6.13. The summed E-state index contributed by atoms with van der Waals surface area (Å²) in [5.74, 6) is -0.182. The van der Waals surface area contributed by atoms with E-state index in [1.54, 1.807) is 36.4 Å². The summed E-state index contributed by atoms with van der Waals surface area (Å²) >= 11 is 0. The van der Waals surface area contributed by atoms with E-state index in [1.165, 1.54) is 6.07 Å². The molecule has 2 aromatic rings. The quantitative estimate of drug-likeness (QED) is 0.381. The highest BCUT2D eigenvalue weighted by Gasteiger charge is 2.05. The molecular formula is C13H12FN3O2. The molecule has 1 aromatic carbocycles. The van der Waals surface area contributed by atoms with Crippen molar-refractivity contribution in [3.05, 3.63) is 59.5 Å². The van der Waals surface area contributed by atoms with Crippen LogP contribution in [-0.2, 0) is 6.61 Å². The zero-order valence-corrected chi connectivity index (χ0v) is 9.95. The van der Waals surface area contributed by atoms with Crippen LogP contribution in [0.1, 0.15) is 11.3 Å². The molecule has 0 saturated heterocycles. The lowest BCUT2D eigenvalue weighted by Gasteiger charge is -2.07. The van der Waals surface area contributed by atoms with E-state index in [1.807, 2.05) is 0 Å². The second-order valence-corrected chi connectivity index (χ2v) is 3.73. The van der Waals surface area contributed by atoms with Gasteiger partial charge in [-0.05, 0) is 12.1 Å². The highest BCUT2D eigenvalue weighted by atomic mass is 19.1. The molecule has 19 heavy (non-hydrogen) atoms. The molecule has 0 atom stereocenters. The van der Waals surface area contributed by atoms with Crippen LogP contribution in [0.25, 0.3) is 0 Å². The molecule has 1 heterocycles. The molecule has 3 N–H and O–H groups in total. The first-order chi connectivity index (χ1) is 9.20. The number of hydrogen-bond donors (Lipinski definition) is 2. The summed E-state index contributed by atoms with van der Waals surface area (Å²) in [6.07, 6.45) is 0. The minimum Gasteiger partial charge on any atom is -0.473 e. The highest BCUT2D eigenvalue weighted by Crippen LogP contribution is 2.12. The van der Waals surface area contributed by atoms with Crippen molar-refractivity contribution in [3.63, 3.8) is 0 Å². The number of hydrogen-bond acceptors (Lipinski definition) is 4. The van der Waals surface area contributed by atoms with E-state index in [0.29, 0.717) is 5.56 Å². The summed E-state index contributed by atoms with van der Waals surface area (Å²) in [6.45, 7) is 0.0549. The molecule has 0 saturated carbocycles. The molecule has 0 spiro atoms. The third-order valence-electron chi connectivity index (χ3n) is 2.43.